The molecule has 0 N–H and O–H groups in total. The summed E-state index contributed by atoms with van der Waals surface area (Å²) in [5, 5.41) is 0. The molecule has 2 heteroatoms. The number of pyridine rings is 1. The van der Waals surface area contributed by atoms with Gasteiger partial charge >= 0.3 is 0 Å². The molecule has 0 saturated heterocycles. The number of nitrogens with zero attached hydrogens (tertiary/aromatic N) is 1. The van der Waals surface area contributed by atoms with Crippen molar-refractivity contribution < 1.29 is 4.74 Å². The van der Waals surface area contributed by atoms with Crippen molar-refractivity contribution in [2.75, 3.05) is 6.61 Å². The van der Waals surface area contributed by atoms with Crippen LogP contribution in [0.5, 0.6) is 5.75 Å². The first kappa shape index (κ1) is 8.05. The minimum absolute atomic E-state index is 0.672. The summed E-state index contributed by atoms with van der Waals surface area (Å²) in [6, 6.07) is 1.97. The molecule has 0 saturated carbocycles. The first-order valence-corrected chi connectivity index (χ1v) is 3.86. The molecule has 1 aromatic rings. The second-order valence-corrected chi connectivity index (χ2v) is 2.24. The lowest BCUT2D eigenvalue weighted by atomic mass is 10.2. The predicted octanol–water partition coefficient (Wildman–Crippen LogP) is 1.84. The fourth-order valence-corrected chi connectivity index (χ4v) is 0.840. The largest absolute Gasteiger partial charge is 0.492 e. The van der Waals surface area contributed by atoms with Crippen LogP contribution in [-0.2, 0) is 6.42 Å². The van der Waals surface area contributed by atoms with Gasteiger partial charge < -0.3 is 4.74 Å². The highest BCUT2D eigenvalue weighted by Crippen LogP contribution is 2.10. The monoisotopic (exact) mass is 150 g/mol. The quantitative estimate of drug-likeness (QED) is 0.656. The van der Waals surface area contributed by atoms with Gasteiger partial charge in [0.25, 0.3) is 0 Å². The molecule has 1 heterocycles. The summed E-state index contributed by atoms with van der Waals surface area (Å²) in [7, 11) is 0. The summed E-state index contributed by atoms with van der Waals surface area (Å²) in [5.74, 6) is 0.742. The molecule has 1 aromatic heterocycles. The Bertz CT molecular complexity index is 223. The maximum atomic E-state index is 5.23. The highest BCUT2D eigenvalue weighted by atomic mass is 16.5. The maximum absolute atomic E-state index is 5.23. The van der Waals surface area contributed by atoms with Crippen LogP contribution in [0.4, 0.5) is 0 Å². The van der Waals surface area contributed by atoms with Gasteiger partial charge in [0.05, 0.1) is 6.61 Å². The summed E-state index contributed by atoms with van der Waals surface area (Å²) in [6.07, 6.45) is 5.57. The van der Waals surface area contributed by atoms with Crippen LogP contribution in [0.15, 0.2) is 12.3 Å². The third kappa shape index (κ3) is 2.22. The number of hydrogen-bond donors (Lipinski definition) is 0. The first-order chi connectivity index (χ1) is 5.36. The standard InChI is InChI=1S/C9H12NO/c1-3-8-5-9(11-4-2)7-10-6-8/h5-6H,3-4H2,1-2H3. The Kier molecular flexibility index (Phi) is 2.90. The Balaban J connectivity index is 2.74. The van der Waals surface area contributed by atoms with Gasteiger partial charge in [0.15, 0.2) is 0 Å². The van der Waals surface area contributed by atoms with Crippen LogP contribution in [0.2, 0.25) is 0 Å². The van der Waals surface area contributed by atoms with Gasteiger partial charge in [-0.05, 0) is 25.0 Å². The Morgan fingerprint density at radius 1 is 1.55 bits per heavy atom. The molecule has 2 nitrogen and oxygen atoms in total. The van der Waals surface area contributed by atoms with Gasteiger partial charge in [0, 0.05) is 6.20 Å². The van der Waals surface area contributed by atoms with E-state index in [0.29, 0.717) is 6.61 Å². The molecule has 0 aliphatic heterocycles. The molecule has 0 bridgehead atoms. The summed E-state index contributed by atoms with van der Waals surface area (Å²) in [6.45, 7) is 4.71. The summed E-state index contributed by atoms with van der Waals surface area (Å²) in [5.41, 5.74) is 1.19. The van der Waals surface area contributed by atoms with Crippen LogP contribution in [-0.4, -0.2) is 11.6 Å². The van der Waals surface area contributed by atoms with Gasteiger partial charge in [-0.2, -0.15) is 0 Å². The lowest BCUT2D eigenvalue weighted by Gasteiger charge is -2.01. The third-order valence-corrected chi connectivity index (χ3v) is 1.43. The van der Waals surface area contributed by atoms with Crippen LogP contribution >= 0.6 is 0 Å². The van der Waals surface area contributed by atoms with Gasteiger partial charge in [-0.3, -0.25) is 4.98 Å². The van der Waals surface area contributed by atoms with Crippen LogP contribution in [0.3, 0.4) is 0 Å². The fourth-order valence-electron chi connectivity index (χ4n) is 0.840. The van der Waals surface area contributed by atoms with E-state index in [-0.39, 0.29) is 0 Å². The van der Waals surface area contributed by atoms with Crippen molar-refractivity contribution in [2.24, 2.45) is 0 Å². The van der Waals surface area contributed by atoms with Gasteiger partial charge in [0.1, 0.15) is 11.9 Å². The molecule has 1 radical (unpaired) electrons. The predicted molar refractivity (Wildman–Crippen MR) is 43.6 cm³/mol. The lowest BCUT2D eigenvalue weighted by Crippen LogP contribution is -1.93. The topological polar surface area (TPSA) is 22.1 Å². The van der Waals surface area contributed by atoms with E-state index in [2.05, 4.69) is 18.1 Å². The second kappa shape index (κ2) is 3.96. The highest BCUT2D eigenvalue weighted by Gasteiger charge is 1.94. The molecule has 0 aliphatic carbocycles. The van der Waals surface area contributed by atoms with E-state index in [1.807, 2.05) is 19.2 Å². The van der Waals surface area contributed by atoms with Crippen LogP contribution in [0.25, 0.3) is 0 Å². The van der Waals surface area contributed by atoms with Gasteiger partial charge in [-0.1, -0.05) is 6.92 Å². The van der Waals surface area contributed by atoms with Gasteiger partial charge in [-0.25, -0.2) is 0 Å². The minimum Gasteiger partial charge on any atom is -0.492 e. The fraction of sp³-hybridized carbons (Fsp3) is 0.444. The zero-order valence-electron chi connectivity index (χ0n) is 6.92. The number of ether oxygens (including phenoxy) is 1. The van der Waals surface area contributed by atoms with Crippen molar-refractivity contribution in [1.29, 1.82) is 0 Å². The van der Waals surface area contributed by atoms with E-state index in [9.17, 15) is 0 Å². The molecule has 0 spiro atoms. The van der Waals surface area contributed by atoms with E-state index in [1.165, 1.54) is 5.56 Å². The molecule has 0 aromatic carbocycles. The second-order valence-electron chi connectivity index (χ2n) is 2.24. The molecular formula is C9H12NO. The average molecular weight is 150 g/mol. The molecule has 0 unspecified atom stereocenters. The smallest absolute Gasteiger partial charge is 0.147 e. The Morgan fingerprint density at radius 2 is 2.36 bits per heavy atom. The molecule has 0 atom stereocenters. The van der Waals surface area contributed by atoms with Crippen LogP contribution < -0.4 is 4.74 Å². The molecule has 0 aliphatic rings. The van der Waals surface area contributed by atoms with E-state index in [0.717, 1.165) is 12.2 Å². The number of rotatable bonds is 3. The lowest BCUT2D eigenvalue weighted by molar-refractivity contribution is 0.337. The van der Waals surface area contributed by atoms with E-state index in [4.69, 9.17) is 4.74 Å². The average Bonchev–Trinajstić information content (AvgIpc) is 2.06. The molecule has 59 valence electrons. The highest BCUT2D eigenvalue weighted by molar-refractivity contribution is 5.22. The van der Waals surface area contributed by atoms with Gasteiger partial charge in [0.2, 0.25) is 0 Å². The Hall–Kier alpha value is -1.05. The number of aryl methyl sites for hydroxylation is 1. The van der Waals surface area contributed by atoms with Gasteiger partial charge in [-0.15, -0.1) is 0 Å². The minimum atomic E-state index is 0.672. The number of hydrogen-bond acceptors (Lipinski definition) is 2. The Morgan fingerprint density at radius 3 is 3.00 bits per heavy atom. The van der Waals surface area contributed by atoms with Crippen molar-refractivity contribution in [2.45, 2.75) is 20.3 Å². The summed E-state index contributed by atoms with van der Waals surface area (Å²) < 4.78 is 5.23. The zero-order chi connectivity index (χ0) is 8.10. The third-order valence-electron chi connectivity index (χ3n) is 1.43. The van der Waals surface area contributed by atoms with E-state index >= 15 is 0 Å². The molecular weight excluding hydrogens is 138 g/mol. The zero-order valence-corrected chi connectivity index (χ0v) is 6.92. The van der Waals surface area contributed by atoms with Crippen molar-refractivity contribution in [1.82, 2.24) is 4.98 Å². The maximum Gasteiger partial charge on any atom is 0.147 e. The van der Waals surface area contributed by atoms with Crippen LogP contribution in [0.1, 0.15) is 19.4 Å². The normalized spacial score (nSPS) is 9.64. The first-order valence-electron chi connectivity index (χ1n) is 3.86. The van der Waals surface area contributed by atoms with Crippen molar-refractivity contribution in [3.63, 3.8) is 0 Å². The van der Waals surface area contributed by atoms with E-state index < -0.39 is 0 Å². The summed E-state index contributed by atoms with van der Waals surface area (Å²) in [4.78, 5) is 3.92. The number of aromatic nitrogens is 1. The van der Waals surface area contributed by atoms with E-state index in [1.54, 1.807) is 0 Å². The Labute approximate surface area is 67.2 Å². The van der Waals surface area contributed by atoms with Crippen molar-refractivity contribution >= 4 is 0 Å². The summed E-state index contributed by atoms with van der Waals surface area (Å²) >= 11 is 0. The van der Waals surface area contributed by atoms with Crippen molar-refractivity contribution in [3.8, 4) is 5.75 Å². The molecule has 11 heavy (non-hydrogen) atoms. The molecule has 1 rings (SSSR count). The molecule has 0 amide bonds. The SMILES string of the molecule is CCOc1[c]ncc(CC)c1. The molecule has 0 fully saturated rings. The van der Waals surface area contributed by atoms with Crippen molar-refractivity contribution in [3.05, 3.63) is 24.0 Å². The van der Waals surface area contributed by atoms with Crippen LogP contribution in [0, 0.1) is 6.20 Å².